The Balaban J connectivity index is 1.45. The number of hydrazine groups is 1. The van der Waals surface area contributed by atoms with Gasteiger partial charge in [-0.25, -0.2) is 9.67 Å². The van der Waals surface area contributed by atoms with Gasteiger partial charge in [-0.05, 0) is 24.6 Å². The molecule has 9 nitrogen and oxygen atoms in total. The fraction of sp³-hybridized carbons (Fsp3) is 0.250. The van der Waals surface area contributed by atoms with Gasteiger partial charge >= 0.3 is 0 Å². The van der Waals surface area contributed by atoms with Crippen molar-refractivity contribution < 1.29 is 9.59 Å². The first-order chi connectivity index (χ1) is 16.6. The molecule has 0 aliphatic rings. The van der Waals surface area contributed by atoms with E-state index in [1.54, 1.807) is 42.0 Å². The summed E-state index contributed by atoms with van der Waals surface area (Å²) in [4.78, 5) is 46.6. The van der Waals surface area contributed by atoms with Gasteiger partial charge in [-0.1, -0.05) is 38.0 Å². The normalized spacial score (nSPS) is 10.9. The van der Waals surface area contributed by atoms with E-state index in [-0.39, 0.29) is 17.7 Å². The molecule has 10 heteroatoms. The summed E-state index contributed by atoms with van der Waals surface area (Å²) in [5.41, 5.74) is 6.14. The van der Waals surface area contributed by atoms with E-state index >= 15 is 0 Å². The Morgan fingerprint density at radius 3 is 2.65 bits per heavy atom. The van der Waals surface area contributed by atoms with E-state index in [0.717, 1.165) is 29.8 Å². The van der Waals surface area contributed by atoms with E-state index in [4.69, 9.17) is 0 Å². The maximum Gasteiger partial charge on any atom is 0.290 e. The Bertz CT molecular complexity index is 1370. The Hall–Kier alpha value is -3.92. The van der Waals surface area contributed by atoms with Crippen LogP contribution < -0.4 is 16.4 Å². The van der Waals surface area contributed by atoms with E-state index < -0.39 is 11.8 Å². The number of benzene rings is 1. The number of pyridine rings is 1. The first-order valence-corrected chi connectivity index (χ1v) is 11.9. The number of aryl methyl sites for hydroxylation is 1. The van der Waals surface area contributed by atoms with E-state index in [0.29, 0.717) is 23.0 Å². The van der Waals surface area contributed by atoms with Crippen molar-refractivity contribution in [3.8, 4) is 10.6 Å². The number of nitrogens with one attached hydrogen (secondary N) is 2. The number of fused-ring (bicyclic) bond motifs is 1. The van der Waals surface area contributed by atoms with E-state index in [9.17, 15) is 14.4 Å². The molecule has 1 aromatic carbocycles. The molecule has 174 valence electrons. The van der Waals surface area contributed by atoms with Crippen LogP contribution in [0, 0.1) is 0 Å². The number of hydrogen-bond acceptors (Lipinski definition) is 7. The zero-order valence-electron chi connectivity index (χ0n) is 18.7. The largest absolute Gasteiger partial charge is 0.290 e. The van der Waals surface area contributed by atoms with Crippen LogP contribution in [0.25, 0.3) is 21.3 Å². The van der Waals surface area contributed by atoms with Gasteiger partial charge < -0.3 is 0 Å². The number of unbranched alkanes of at least 4 members (excludes halogenated alkanes) is 2. The summed E-state index contributed by atoms with van der Waals surface area (Å²) >= 11 is 1.42. The van der Waals surface area contributed by atoms with Gasteiger partial charge in [0.1, 0.15) is 5.01 Å². The maximum absolute atomic E-state index is 12.9. The van der Waals surface area contributed by atoms with E-state index in [2.05, 4.69) is 32.8 Å². The second-order valence-electron chi connectivity index (χ2n) is 7.69. The lowest BCUT2D eigenvalue weighted by Gasteiger charge is -2.11. The monoisotopic (exact) mass is 476 g/mol. The third-order valence-electron chi connectivity index (χ3n) is 5.17. The Morgan fingerprint density at radius 2 is 1.88 bits per heavy atom. The van der Waals surface area contributed by atoms with Crippen LogP contribution in [-0.2, 0) is 17.8 Å². The fourth-order valence-corrected chi connectivity index (χ4v) is 4.28. The van der Waals surface area contributed by atoms with Crippen molar-refractivity contribution in [2.24, 2.45) is 0 Å². The van der Waals surface area contributed by atoms with E-state index in [1.807, 2.05) is 12.1 Å². The highest BCUT2D eigenvalue weighted by atomic mass is 32.1. The molecular formula is C24H24N6O3S. The second kappa shape index (κ2) is 10.8. The third-order valence-corrected chi connectivity index (χ3v) is 6.11. The molecule has 0 atom stereocenters. The van der Waals surface area contributed by atoms with Crippen molar-refractivity contribution in [3.63, 3.8) is 0 Å². The van der Waals surface area contributed by atoms with Gasteiger partial charge in [0.15, 0.2) is 5.69 Å². The maximum atomic E-state index is 12.9. The SMILES string of the molecule is CCCCCn1nc(C(=O)NNC(=O)Cc2csc(-c3cccnc3)n2)c2ccccc2c1=O. The van der Waals surface area contributed by atoms with Gasteiger partial charge in [0.05, 0.1) is 17.5 Å². The Kier molecular flexibility index (Phi) is 7.38. The van der Waals surface area contributed by atoms with E-state index in [1.165, 1.54) is 16.0 Å². The molecule has 4 rings (SSSR count). The lowest BCUT2D eigenvalue weighted by Crippen LogP contribution is -2.43. The fourth-order valence-electron chi connectivity index (χ4n) is 3.47. The summed E-state index contributed by atoms with van der Waals surface area (Å²) in [6, 6.07) is 10.6. The van der Waals surface area contributed by atoms with Gasteiger partial charge in [-0.2, -0.15) is 5.10 Å². The van der Waals surface area contributed by atoms with Crippen molar-refractivity contribution in [2.75, 3.05) is 0 Å². The van der Waals surface area contributed by atoms with Gasteiger partial charge in [0, 0.05) is 35.3 Å². The van der Waals surface area contributed by atoms with Crippen LogP contribution in [0.2, 0.25) is 0 Å². The number of nitrogens with zero attached hydrogens (tertiary/aromatic N) is 4. The lowest BCUT2D eigenvalue weighted by molar-refractivity contribution is -0.121. The minimum Gasteiger partial charge on any atom is -0.273 e. The number of carbonyl (C=O) groups is 2. The standard InChI is InChI=1S/C24H24N6O3S/c1-2-3-6-12-30-24(33)19-10-5-4-9-18(19)21(29-30)22(32)28-27-20(31)13-17-15-34-23(26-17)16-8-7-11-25-14-16/h4-5,7-11,14-15H,2-3,6,12-13H2,1H3,(H,27,31)(H,28,32). The molecule has 0 unspecified atom stereocenters. The molecule has 2 amide bonds. The molecule has 0 aliphatic carbocycles. The van der Waals surface area contributed by atoms with Crippen LogP contribution >= 0.6 is 11.3 Å². The molecule has 3 aromatic heterocycles. The summed E-state index contributed by atoms with van der Waals surface area (Å²) in [5.74, 6) is -1.01. The molecule has 2 N–H and O–H groups in total. The molecular weight excluding hydrogens is 452 g/mol. The average Bonchev–Trinajstić information content (AvgIpc) is 3.33. The number of carbonyl (C=O) groups excluding carboxylic acids is 2. The van der Waals surface area contributed by atoms with Crippen LogP contribution in [0.1, 0.15) is 42.4 Å². The van der Waals surface area contributed by atoms with Crippen molar-refractivity contribution in [3.05, 3.63) is 75.9 Å². The molecule has 3 heterocycles. The second-order valence-corrected chi connectivity index (χ2v) is 8.55. The zero-order chi connectivity index (χ0) is 23.9. The number of thiazole rings is 1. The number of rotatable bonds is 8. The molecule has 0 saturated heterocycles. The highest BCUT2D eigenvalue weighted by molar-refractivity contribution is 7.13. The first kappa shape index (κ1) is 23.2. The van der Waals surface area contributed by atoms with Crippen LogP contribution in [0.4, 0.5) is 0 Å². The highest BCUT2D eigenvalue weighted by Gasteiger charge is 2.17. The lowest BCUT2D eigenvalue weighted by atomic mass is 10.1. The molecule has 0 saturated carbocycles. The van der Waals surface area contributed by atoms with Crippen molar-refractivity contribution in [2.45, 2.75) is 39.2 Å². The zero-order valence-corrected chi connectivity index (χ0v) is 19.5. The number of aromatic nitrogens is 4. The minimum absolute atomic E-state index is 0.00172. The van der Waals surface area contributed by atoms with Crippen molar-refractivity contribution in [1.29, 1.82) is 0 Å². The van der Waals surface area contributed by atoms with Gasteiger partial charge in [0.25, 0.3) is 11.5 Å². The topological polar surface area (TPSA) is 119 Å². The van der Waals surface area contributed by atoms with Crippen LogP contribution in [0.15, 0.2) is 59.0 Å². The van der Waals surface area contributed by atoms with Crippen LogP contribution in [0.3, 0.4) is 0 Å². The quantitative estimate of drug-likeness (QED) is 0.298. The molecule has 34 heavy (non-hydrogen) atoms. The molecule has 0 bridgehead atoms. The summed E-state index contributed by atoms with van der Waals surface area (Å²) in [7, 11) is 0. The third kappa shape index (κ3) is 5.34. The van der Waals surface area contributed by atoms with Crippen molar-refractivity contribution in [1.82, 2.24) is 30.6 Å². The Labute approximate surface area is 199 Å². The molecule has 0 fully saturated rings. The summed E-state index contributed by atoms with van der Waals surface area (Å²) < 4.78 is 1.32. The molecule has 4 aromatic rings. The van der Waals surface area contributed by atoms with Gasteiger partial charge in [0.2, 0.25) is 5.91 Å². The Morgan fingerprint density at radius 1 is 1.06 bits per heavy atom. The molecule has 0 aliphatic heterocycles. The smallest absolute Gasteiger partial charge is 0.273 e. The predicted molar refractivity (Wildman–Crippen MR) is 130 cm³/mol. The summed E-state index contributed by atoms with van der Waals surface area (Å²) in [6.45, 7) is 2.50. The highest BCUT2D eigenvalue weighted by Crippen LogP contribution is 2.22. The first-order valence-electron chi connectivity index (χ1n) is 11.0. The average molecular weight is 477 g/mol. The predicted octanol–water partition coefficient (Wildman–Crippen LogP) is 3.11. The van der Waals surface area contributed by atoms with Gasteiger partial charge in [-0.3, -0.25) is 30.2 Å². The van der Waals surface area contributed by atoms with Crippen molar-refractivity contribution >= 4 is 33.9 Å². The molecule has 0 radical (unpaired) electrons. The summed E-state index contributed by atoms with van der Waals surface area (Å²) in [6.07, 6.45) is 6.14. The van der Waals surface area contributed by atoms with Crippen LogP contribution in [0.5, 0.6) is 0 Å². The number of hydrogen-bond donors (Lipinski definition) is 2. The summed E-state index contributed by atoms with van der Waals surface area (Å²) in [5, 5.41) is 7.71. The van der Waals surface area contributed by atoms with Crippen LogP contribution in [-0.4, -0.2) is 31.6 Å². The number of amides is 2. The van der Waals surface area contributed by atoms with Gasteiger partial charge in [-0.15, -0.1) is 11.3 Å². The minimum atomic E-state index is -0.594. The molecule has 0 spiro atoms.